The second-order valence-corrected chi connectivity index (χ2v) is 9.92. The summed E-state index contributed by atoms with van der Waals surface area (Å²) in [4.78, 5) is 12.0. The summed E-state index contributed by atoms with van der Waals surface area (Å²) in [6.45, 7) is 12.2. The van der Waals surface area contributed by atoms with Crippen molar-refractivity contribution >= 4 is 28.1 Å². The topological polar surface area (TPSA) is 70.9 Å². The van der Waals surface area contributed by atoms with Gasteiger partial charge in [-0.1, -0.05) is 57.5 Å². The van der Waals surface area contributed by atoms with Gasteiger partial charge >= 0.3 is 0 Å². The molecule has 156 valence electrons. The van der Waals surface area contributed by atoms with Gasteiger partial charge in [0.2, 0.25) is 0 Å². The molecule has 0 heterocycles. The molecule has 0 aliphatic carbocycles. The molecule has 0 aliphatic heterocycles. The average molecular weight is 461 g/mol. The fourth-order valence-corrected chi connectivity index (χ4v) is 3.03. The average Bonchev–Trinajstić information content (AvgIpc) is 2.60. The molecule has 2 rings (SSSR count). The van der Waals surface area contributed by atoms with Gasteiger partial charge in [-0.15, -0.1) is 0 Å². The Morgan fingerprint density at radius 1 is 1.07 bits per heavy atom. The van der Waals surface area contributed by atoms with Gasteiger partial charge in [0.05, 0.1) is 6.21 Å². The van der Waals surface area contributed by atoms with E-state index in [4.69, 9.17) is 4.74 Å². The van der Waals surface area contributed by atoms with Crippen LogP contribution in [0.15, 0.2) is 46.0 Å². The third-order valence-corrected chi connectivity index (χ3v) is 4.86. The zero-order valence-corrected chi connectivity index (χ0v) is 19.4. The molecule has 2 N–H and O–H groups in total. The van der Waals surface area contributed by atoms with Gasteiger partial charge in [0.1, 0.15) is 11.5 Å². The second kappa shape index (κ2) is 8.99. The highest BCUT2D eigenvalue weighted by Gasteiger charge is 2.26. The van der Waals surface area contributed by atoms with E-state index in [1.165, 1.54) is 0 Å². The number of benzene rings is 2. The lowest BCUT2D eigenvalue weighted by Gasteiger charge is -2.27. The van der Waals surface area contributed by atoms with Crippen molar-refractivity contribution in [3.63, 3.8) is 0 Å². The largest absolute Gasteiger partial charge is 0.507 e. The fraction of sp³-hybridized carbons (Fsp3) is 0.391. The van der Waals surface area contributed by atoms with E-state index >= 15 is 0 Å². The number of halogens is 1. The Bertz CT molecular complexity index is 857. The van der Waals surface area contributed by atoms with Gasteiger partial charge in [-0.05, 0) is 52.8 Å². The van der Waals surface area contributed by atoms with Gasteiger partial charge in [-0.25, -0.2) is 5.43 Å². The highest BCUT2D eigenvalue weighted by atomic mass is 79.9. The predicted molar refractivity (Wildman–Crippen MR) is 121 cm³/mol. The molecule has 0 radical (unpaired) electrons. The summed E-state index contributed by atoms with van der Waals surface area (Å²) in [6.07, 6.45) is 1.58. The van der Waals surface area contributed by atoms with Crippen molar-refractivity contribution in [2.45, 2.75) is 52.4 Å². The minimum absolute atomic E-state index is 0.130. The molecular formula is C23H29BrN2O3. The van der Waals surface area contributed by atoms with Crippen molar-refractivity contribution in [3.05, 3.63) is 57.6 Å². The zero-order valence-electron chi connectivity index (χ0n) is 17.8. The SMILES string of the molecule is CC(C)(C)c1cc(/C=N\NC(=O)COc2ccc(Br)cc2)cc(C(C)(C)C)c1O. The molecule has 0 saturated carbocycles. The number of hydrogen-bond acceptors (Lipinski definition) is 4. The van der Waals surface area contributed by atoms with E-state index < -0.39 is 0 Å². The number of ether oxygens (including phenoxy) is 1. The molecule has 2 aromatic rings. The van der Waals surface area contributed by atoms with E-state index in [0.717, 1.165) is 21.2 Å². The Labute approximate surface area is 181 Å². The maximum absolute atomic E-state index is 12.0. The third kappa shape index (κ3) is 6.60. The Hall–Kier alpha value is -2.34. The maximum Gasteiger partial charge on any atom is 0.277 e. The van der Waals surface area contributed by atoms with Crippen LogP contribution < -0.4 is 10.2 Å². The van der Waals surface area contributed by atoms with E-state index in [-0.39, 0.29) is 23.3 Å². The summed E-state index contributed by atoms with van der Waals surface area (Å²) in [7, 11) is 0. The number of aromatic hydroxyl groups is 1. The van der Waals surface area contributed by atoms with E-state index in [9.17, 15) is 9.90 Å². The highest BCUT2D eigenvalue weighted by Crippen LogP contribution is 2.39. The van der Waals surface area contributed by atoms with Crippen molar-refractivity contribution in [2.75, 3.05) is 6.61 Å². The van der Waals surface area contributed by atoms with Gasteiger partial charge < -0.3 is 9.84 Å². The molecule has 29 heavy (non-hydrogen) atoms. The summed E-state index contributed by atoms with van der Waals surface area (Å²) in [5.41, 5.74) is 4.52. The molecule has 1 amide bonds. The van der Waals surface area contributed by atoms with Gasteiger partial charge in [0, 0.05) is 15.6 Å². The lowest BCUT2D eigenvalue weighted by Crippen LogP contribution is -2.24. The molecule has 6 heteroatoms. The van der Waals surface area contributed by atoms with Crippen LogP contribution in [-0.4, -0.2) is 23.8 Å². The first-order valence-electron chi connectivity index (χ1n) is 9.46. The number of phenols is 1. The molecule has 5 nitrogen and oxygen atoms in total. The number of phenolic OH excluding ortho intramolecular Hbond substituents is 1. The maximum atomic E-state index is 12.0. The third-order valence-electron chi connectivity index (χ3n) is 4.33. The van der Waals surface area contributed by atoms with E-state index in [1.807, 2.05) is 24.3 Å². The predicted octanol–water partition coefficient (Wildman–Crippen LogP) is 5.28. The van der Waals surface area contributed by atoms with E-state index in [1.54, 1.807) is 18.3 Å². The number of carbonyl (C=O) groups is 1. The van der Waals surface area contributed by atoms with Crippen LogP contribution in [0, 0.1) is 0 Å². The van der Waals surface area contributed by atoms with Crippen LogP contribution in [0.5, 0.6) is 11.5 Å². The Kier molecular flexibility index (Phi) is 7.11. The van der Waals surface area contributed by atoms with Crippen molar-refractivity contribution in [3.8, 4) is 11.5 Å². The van der Waals surface area contributed by atoms with Crippen LogP contribution in [0.3, 0.4) is 0 Å². The number of hydrogen-bond donors (Lipinski definition) is 2. The minimum atomic E-state index is -0.352. The summed E-state index contributed by atoms with van der Waals surface area (Å²) in [5.74, 6) is 0.569. The Balaban J connectivity index is 2.11. The summed E-state index contributed by atoms with van der Waals surface area (Å²) >= 11 is 3.35. The highest BCUT2D eigenvalue weighted by molar-refractivity contribution is 9.10. The normalized spacial score (nSPS) is 12.2. The van der Waals surface area contributed by atoms with Crippen LogP contribution in [0.4, 0.5) is 0 Å². The van der Waals surface area contributed by atoms with Crippen LogP contribution >= 0.6 is 15.9 Å². The standard InChI is InChI=1S/C23H29BrN2O3/c1-22(2,3)18-11-15(12-19(21(18)28)23(4,5)6)13-25-26-20(27)14-29-17-9-7-16(24)8-10-17/h7-13,28H,14H2,1-6H3,(H,26,27)/b25-13-. The zero-order chi connectivity index (χ0) is 21.8. The number of amides is 1. The smallest absolute Gasteiger partial charge is 0.277 e. The molecule has 0 saturated heterocycles. The number of nitrogens with zero attached hydrogens (tertiary/aromatic N) is 1. The lowest BCUT2D eigenvalue weighted by atomic mass is 9.78. The van der Waals surface area contributed by atoms with Gasteiger partial charge in [-0.3, -0.25) is 4.79 Å². The summed E-state index contributed by atoms with van der Waals surface area (Å²) in [5, 5.41) is 14.8. The van der Waals surface area contributed by atoms with Crippen LogP contribution in [0.2, 0.25) is 0 Å². The number of hydrazone groups is 1. The first-order valence-corrected chi connectivity index (χ1v) is 10.3. The molecule has 0 fully saturated rings. The molecule has 0 unspecified atom stereocenters. The lowest BCUT2D eigenvalue weighted by molar-refractivity contribution is -0.123. The molecule has 0 atom stereocenters. The van der Waals surface area contributed by atoms with Crippen molar-refractivity contribution in [1.82, 2.24) is 5.43 Å². The first-order chi connectivity index (χ1) is 13.4. The summed E-state index contributed by atoms with van der Waals surface area (Å²) in [6, 6.07) is 11.0. The number of nitrogens with one attached hydrogen (secondary N) is 1. The number of carbonyl (C=O) groups excluding carboxylic acids is 1. The molecule has 0 aliphatic rings. The van der Waals surface area contributed by atoms with Crippen LogP contribution in [0.1, 0.15) is 58.2 Å². The van der Waals surface area contributed by atoms with Gasteiger partial charge in [0.15, 0.2) is 6.61 Å². The van der Waals surface area contributed by atoms with Gasteiger partial charge in [0.25, 0.3) is 5.91 Å². The fourth-order valence-electron chi connectivity index (χ4n) is 2.77. The summed E-state index contributed by atoms with van der Waals surface area (Å²) < 4.78 is 6.37. The van der Waals surface area contributed by atoms with Gasteiger partial charge in [-0.2, -0.15) is 5.10 Å². The first kappa shape index (κ1) is 22.9. The Morgan fingerprint density at radius 3 is 2.07 bits per heavy atom. The second-order valence-electron chi connectivity index (χ2n) is 9.00. The number of rotatable bonds is 5. The molecule has 0 aromatic heterocycles. The molecule has 2 aromatic carbocycles. The quantitative estimate of drug-likeness (QED) is 0.470. The molecule has 0 spiro atoms. The van der Waals surface area contributed by atoms with Crippen molar-refractivity contribution < 1.29 is 14.6 Å². The van der Waals surface area contributed by atoms with Crippen molar-refractivity contribution in [2.24, 2.45) is 5.10 Å². The van der Waals surface area contributed by atoms with Crippen LogP contribution in [0.25, 0.3) is 0 Å². The molecular weight excluding hydrogens is 432 g/mol. The monoisotopic (exact) mass is 460 g/mol. The Morgan fingerprint density at radius 2 is 1.59 bits per heavy atom. The van der Waals surface area contributed by atoms with Crippen LogP contribution in [-0.2, 0) is 15.6 Å². The molecule has 0 bridgehead atoms. The van der Waals surface area contributed by atoms with Crippen molar-refractivity contribution in [1.29, 1.82) is 0 Å². The van der Waals surface area contributed by atoms with E-state index in [2.05, 4.69) is 68.0 Å². The van der Waals surface area contributed by atoms with E-state index in [0.29, 0.717) is 11.5 Å². The minimum Gasteiger partial charge on any atom is -0.507 e.